The molecule has 0 bridgehead atoms. The number of hydrogen-bond donors (Lipinski definition) is 2. The van der Waals surface area contributed by atoms with Gasteiger partial charge in [-0.25, -0.2) is 4.79 Å². The molecule has 10 nitrogen and oxygen atoms in total. The molecular weight excluding hydrogens is 344 g/mol. The third-order valence-corrected chi connectivity index (χ3v) is 3.51. The Hall–Kier alpha value is -3.95. The first-order valence-electron chi connectivity index (χ1n) is 7.38. The molecule has 2 amide bonds. The maximum absolute atomic E-state index is 12.0. The quantitative estimate of drug-likeness (QED) is 0.528. The van der Waals surface area contributed by atoms with E-state index in [2.05, 4.69) is 10.9 Å². The number of amides is 2. The van der Waals surface area contributed by atoms with Gasteiger partial charge in [0.2, 0.25) is 0 Å². The first kappa shape index (κ1) is 16.9. The van der Waals surface area contributed by atoms with Crippen LogP contribution in [-0.4, -0.2) is 21.3 Å². The lowest BCUT2D eigenvalue weighted by atomic mass is 10.2. The fraction of sp³-hybridized carbons (Fsp3) is 0.0625. The van der Waals surface area contributed by atoms with E-state index in [1.165, 1.54) is 18.2 Å². The molecule has 10 heteroatoms. The largest absolute Gasteiger partial charge is 0.420 e. The SMILES string of the molecule is O=C(Cn1c(=O)oc2ccccc21)NNC(=O)c1cccc([N+](=O)[O-])c1. The number of non-ortho nitro benzene ring substituents is 1. The Morgan fingerprint density at radius 3 is 2.65 bits per heavy atom. The normalized spacial score (nSPS) is 10.5. The van der Waals surface area contributed by atoms with Gasteiger partial charge in [0.05, 0.1) is 10.4 Å². The van der Waals surface area contributed by atoms with Crippen molar-refractivity contribution in [2.45, 2.75) is 6.54 Å². The third-order valence-electron chi connectivity index (χ3n) is 3.51. The fourth-order valence-corrected chi connectivity index (χ4v) is 2.31. The van der Waals surface area contributed by atoms with E-state index in [0.29, 0.717) is 11.1 Å². The Labute approximate surface area is 145 Å². The highest BCUT2D eigenvalue weighted by Crippen LogP contribution is 2.13. The number of nitrogens with zero attached hydrogens (tertiary/aromatic N) is 2. The van der Waals surface area contributed by atoms with Crippen LogP contribution in [0.2, 0.25) is 0 Å². The fourth-order valence-electron chi connectivity index (χ4n) is 2.31. The van der Waals surface area contributed by atoms with Gasteiger partial charge in [-0.1, -0.05) is 18.2 Å². The molecule has 132 valence electrons. The van der Waals surface area contributed by atoms with E-state index in [-0.39, 0.29) is 17.8 Å². The van der Waals surface area contributed by atoms with Crippen molar-refractivity contribution >= 4 is 28.6 Å². The van der Waals surface area contributed by atoms with Crippen LogP contribution in [0.25, 0.3) is 11.1 Å². The van der Waals surface area contributed by atoms with Gasteiger partial charge in [-0.3, -0.25) is 35.1 Å². The lowest BCUT2D eigenvalue weighted by Gasteiger charge is -2.07. The van der Waals surface area contributed by atoms with E-state index in [0.717, 1.165) is 10.6 Å². The topological polar surface area (TPSA) is 136 Å². The molecule has 0 fully saturated rings. The molecule has 1 heterocycles. The lowest BCUT2D eigenvalue weighted by molar-refractivity contribution is -0.384. The highest BCUT2D eigenvalue weighted by atomic mass is 16.6. The Morgan fingerprint density at radius 1 is 1.12 bits per heavy atom. The predicted octanol–water partition coefficient (Wildman–Crippen LogP) is 0.964. The number of hydrogen-bond acceptors (Lipinski definition) is 6. The molecule has 0 saturated carbocycles. The number of oxazole rings is 1. The zero-order valence-electron chi connectivity index (χ0n) is 13.2. The number of nitrogens with one attached hydrogen (secondary N) is 2. The summed E-state index contributed by atoms with van der Waals surface area (Å²) in [6.45, 7) is -0.370. The number of para-hydroxylation sites is 2. The molecule has 2 aromatic carbocycles. The molecule has 0 radical (unpaired) electrons. The van der Waals surface area contributed by atoms with Crippen molar-refractivity contribution in [3.8, 4) is 0 Å². The highest BCUT2D eigenvalue weighted by molar-refractivity contribution is 5.96. The van der Waals surface area contributed by atoms with Gasteiger partial charge < -0.3 is 4.42 Å². The minimum Gasteiger partial charge on any atom is -0.408 e. The van der Waals surface area contributed by atoms with Gasteiger partial charge in [0.25, 0.3) is 17.5 Å². The van der Waals surface area contributed by atoms with E-state index in [1.54, 1.807) is 24.3 Å². The average molecular weight is 356 g/mol. The Bertz CT molecular complexity index is 1070. The van der Waals surface area contributed by atoms with Crippen molar-refractivity contribution in [3.05, 3.63) is 74.8 Å². The third kappa shape index (κ3) is 3.43. The molecule has 0 aliphatic carbocycles. The van der Waals surface area contributed by atoms with Crippen molar-refractivity contribution in [3.63, 3.8) is 0 Å². The van der Waals surface area contributed by atoms with Crippen molar-refractivity contribution in [1.82, 2.24) is 15.4 Å². The second-order valence-electron chi connectivity index (χ2n) is 5.23. The van der Waals surface area contributed by atoms with Gasteiger partial charge in [0, 0.05) is 17.7 Å². The number of fused-ring (bicyclic) bond motifs is 1. The number of hydrazine groups is 1. The van der Waals surface area contributed by atoms with Crippen molar-refractivity contribution in [2.24, 2.45) is 0 Å². The van der Waals surface area contributed by atoms with Crippen LogP contribution in [0.3, 0.4) is 0 Å². The van der Waals surface area contributed by atoms with Gasteiger partial charge in [-0.2, -0.15) is 0 Å². The maximum atomic E-state index is 12.0. The summed E-state index contributed by atoms with van der Waals surface area (Å²) in [4.78, 5) is 45.8. The van der Waals surface area contributed by atoms with Crippen LogP contribution in [0.15, 0.2) is 57.7 Å². The second kappa shape index (κ2) is 6.89. The van der Waals surface area contributed by atoms with E-state index in [1.807, 2.05) is 0 Å². The van der Waals surface area contributed by atoms with E-state index >= 15 is 0 Å². The molecule has 0 spiro atoms. The van der Waals surface area contributed by atoms with Crippen LogP contribution in [0.4, 0.5) is 5.69 Å². The van der Waals surface area contributed by atoms with Crippen molar-refractivity contribution < 1.29 is 18.9 Å². The van der Waals surface area contributed by atoms with Gasteiger partial charge in [0.1, 0.15) is 6.54 Å². The number of aromatic nitrogens is 1. The van der Waals surface area contributed by atoms with E-state index < -0.39 is 22.5 Å². The average Bonchev–Trinajstić information content (AvgIpc) is 2.95. The van der Waals surface area contributed by atoms with Gasteiger partial charge in [-0.05, 0) is 18.2 Å². The molecule has 0 saturated heterocycles. The summed E-state index contributed by atoms with van der Waals surface area (Å²) in [5, 5.41) is 10.7. The van der Waals surface area contributed by atoms with Gasteiger partial charge in [0.15, 0.2) is 5.58 Å². The van der Waals surface area contributed by atoms with Crippen molar-refractivity contribution in [2.75, 3.05) is 0 Å². The number of benzene rings is 2. The molecule has 0 aliphatic heterocycles. The van der Waals surface area contributed by atoms with Crippen LogP contribution in [0.5, 0.6) is 0 Å². The summed E-state index contributed by atoms with van der Waals surface area (Å²) in [7, 11) is 0. The molecule has 0 atom stereocenters. The summed E-state index contributed by atoms with van der Waals surface area (Å²) in [5.74, 6) is -2.10. The maximum Gasteiger partial charge on any atom is 0.420 e. The molecule has 0 unspecified atom stereocenters. The smallest absolute Gasteiger partial charge is 0.408 e. The molecule has 26 heavy (non-hydrogen) atoms. The molecule has 0 aliphatic rings. The highest BCUT2D eigenvalue weighted by Gasteiger charge is 2.14. The Balaban J connectivity index is 1.66. The summed E-state index contributed by atoms with van der Waals surface area (Å²) in [6.07, 6.45) is 0. The van der Waals surface area contributed by atoms with Gasteiger partial charge in [-0.15, -0.1) is 0 Å². The van der Waals surface area contributed by atoms with Crippen LogP contribution in [-0.2, 0) is 11.3 Å². The minimum atomic E-state index is -0.730. The monoisotopic (exact) mass is 356 g/mol. The number of nitro groups is 1. The zero-order chi connectivity index (χ0) is 18.7. The number of carbonyl (C=O) groups is 2. The van der Waals surface area contributed by atoms with Crippen LogP contribution < -0.4 is 16.6 Å². The molecule has 2 N–H and O–H groups in total. The Morgan fingerprint density at radius 2 is 1.88 bits per heavy atom. The second-order valence-corrected chi connectivity index (χ2v) is 5.23. The first-order valence-corrected chi connectivity index (χ1v) is 7.38. The standard InChI is InChI=1S/C16H12N4O6/c21-14(9-19-12-6-1-2-7-13(12)26-16(19)23)17-18-15(22)10-4-3-5-11(8-10)20(24)25/h1-8H,9H2,(H,17,21)(H,18,22). The molecule has 3 aromatic rings. The van der Waals surface area contributed by atoms with Gasteiger partial charge >= 0.3 is 5.76 Å². The van der Waals surface area contributed by atoms with E-state index in [9.17, 15) is 24.5 Å². The summed E-state index contributed by atoms with van der Waals surface area (Å²) < 4.78 is 6.12. The Kier molecular flexibility index (Phi) is 4.48. The zero-order valence-corrected chi connectivity index (χ0v) is 13.2. The van der Waals surface area contributed by atoms with Crippen molar-refractivity contribution in [1.29, 1.82) is 0 Å². The number of rotatable bonds is 4. The van der Waals surface area contributed by atoms with Crippen LogP contribution in [0, 0.1) is 10.1 Å². The van der Waals surface area contributed by atoms with Crippen LogP contribution in [0.1, 0.15) is 10.4 Å². The lowest BCUT2D eigenvalue weighted by Crippen LogP contribution is -2.43. The molecule has 3 rings (SSSR count). The summed E-state index contributed by atoms with van der Waals surface area (Å²) in [6, 6.07) is 11.6. The number of carbonyl (C=O) groups excluding carboxylic acids is 2. The summed E-state index contributed by atoms with van der Waals surface area (Å²) in [5.41, 5.74) is 4.82. The molecule has 1 aromatic heterocycles. The minimum absolute atomic E-state index is 0.00503. The number of nitro benzene ring substituents is 1. The summed E-state index contributed by atoms with van der Waals surface area (Å²) >= 11 is 0. The van der Waals surface area contributed by atoms with Crippen LogP contribution >= 0.6 is 0 Å². The first-order chi connectivity index (χ1) is 12.5. The predicted molar refractivity (Wildman–Crippen MR) is 89.2 cm³/mol. The van der Waals surface area contributed by atoms with E-state index in [4.69, 9.17) is 4.42 Å². The molecular formula is C16H12N4O6.